The number of halogens is 2. The Morgan fingerprint density at radius 3 is 2.69 bits per heavy atom. The molecule has 0 unspecified atom stereocenters. The van der Waals surface area contributed by atoms with Crippen LogP contribution in [0, 0.1) is 10.9 Å². The molecule has 0 amide bonds. The fourth-order valence-electron chi connectivity index (χ4n) is 3.62. The lowest BCUT2D eigenvalue weighted by Gasteiger charge is -2.05. The zero-order chi connectivity index (χ0) is 21.8. The molecule has 11 heteroatoms. The standard InChI is InChI=1S/C21H12F2N8S/c22-14-2-1-13(32-14)11-3-4-26-20-17(11)28-21(29-20)18-15-16(23)12(8-27-19(15)31-30-18)9-5-10(24)7-25-6-9/h1-8H,24H2,(H,26,28,29)(H,27,30,31). The van der Waals surface area contributed by atoms with E-state index in [1.165, 1.54) is 24.7 Å². The first-order valence-corrected chi connectivity index (χ1v) is 10.2. The van der Waals surface area contributed by atoms with E-state index in [2.05, 4.69) is 35.1 Å². The zero-order valence-electron chi connectivity index (χ0n) is 16.1. The number of anilines is 1. The Bertz CT molecular complexity index is 1630. The molecule has 8 nitrogen and oxygen atoms in total. The molecule has 0 atom stereocenters. The predicted molar refractivity (Wildman–Crippen MR) is 118 cm³/mol. The van der Waals surface area contributed by atoms with Crippen molar-refractivity contribution in [1.29, 1.82) is 0 Å². The van der Waals surface area contributed by atoms with Crippen LogP contribution in [0.3, 0.4) is 0 Å². The second kappa shape index (κ2) is 6.89. The fraction of sp³-hybridized carbons (Fsp3) is 0. The quantitative estimate of drug-likeness (QED) is 0.367. The zero-order valence-corrected chi connectivity index (χ0v) is 16.9. The van der Waals surface area contributed by atoms with Crippen LogP contribution in [0.5, 0.6) is 0 Å². The number of nitrogens with two attached hydrogens (primary N) is 1. The summed E-state index contributed by atoms with van der Waals surface area (Å²) in [5.74, 6) is -0.192. The number of nitrogens with zero attached hydrogens (tertiary/aromatic N) is 5. The molecule has 0 bridgehead atoms. The number of pyridine rings is 3. The number of nitrogens with one attached hydrogen (secondary N) is 2. The highest BCUT2D eigenvalue weighted by Gasteiger charge is 2.21. The maximum atomic E-state index is 15.6. The highest BCUT2D eigenvalue weighted by atomic mass is 32.1. The lowest BCUT2D eigenvalue weighted by molar-refractivity contribution is 0.642. The number of aromatic amines is 2. The lowest BCUT2D eigenvalue weighted by Crippen LogP contribution is -1.93. The van der Waals surface area contributed by atoms with Crippen LogP contribution >= 0.6 is 11.3 Å². The second-order valence-electron chi connectivity index (χ2n) is 7.04. The summed E-state index contributed by atoms with van der Waals surface area (Å²) in [6, 6.07) is 6.49. The van der Waals surface area contributed by atoms with Gasteiger partial charge in [-0.25, -0.2) is 19.3 Å². The summed E-state index contributed by atoms with van der Waals surface area (Å²) in [7, 11) is 0. The number of rotatable bonds is 3. The van der Waals surface area contributed by atoms with Gasteiger partial charge in [-0.2, -0.15) is 9.49 Å². The number of hydrogen-bond acceptors (Lipinski definition) is 7. The molecule has 32 heavy (non-hydrogen) atoms. The van der Waals surface area contributed by atoms with Crippen LogP contribution in [0.1, 0.15) is 0 Å². The van der Waals surface area contributed by atoms with Crippen LogP contribution in [0.2, 0.25) is 0 Å². The van der Waals surface area contributed by atoms with Crippen molar-refractivity contribution < 1.29 is 8.78 Å². The third-order valence-corrected chi connectivity index (χ3v) is 5.96. The molecule has 0 saturated heterocycles. The van der Waals surface area contributed by atoms with Gasteiger partial charge in [-0.3, -0.25) is 10.1 Å². The third-order valence-electron chi connectivity index (χ3n) is 5.06. The molecule has 0 spiro atoms. The van der Waals surface area contributed by atoms with Crippen LogP contribution in [-0.4, -0.2) is 35.1 Å². The van der Waals surface area contributed by atoms with Crippen molar-refractivity contribution in [1.82, 2.24) is 35.1 Å². The highest BCUT2D eigenvalue weighted by Crippen LogP contribution is 2.35. The molecule has 6 heterocycles. The number of aromatic nitrogens is 7. The average molecular weight is 446 g/mol. The summed E-state index contributed by atoms with van der Waals surface area (Å²) >= 11 is 1.02. The number of H-pyrrole nitrogens is 2. The molecule has 156 valence electrons. The number of hydrogen-bond donors (Lipinski definition) is 3. The summed E-state index contributed by atoms with van der Waals surface area (Å²) in [4.78, 5) is 21.0. The second-order valence-corrected chi connectivity index (χ2v) is 8.07. The van der Waals surface area contributed by atoms with Crippen molar-refractivity contribution in [3.63, 3.8) is 0 Å². The van der Waals surface area contributed by atoms with Gasteiger partial charge in [-0.05, 0) is 24.3 Å². The highest BCUT2D eigenvalue weighted by molar-refractivity contribution is 7.14. The minimum Gasteiger partial charge on any atom is -0.397 e. The summed E-state index contributed by atoms with van der Waals surface area (Å²) in [6.07, 6.45) is 5.98. The maximum Gasteiger partial charge on any atom is 0.184 e. The average Bonchev–Trinajstić information content (AvgIpc) is 3.51. The molecule has 0 fully saturated rings. The lowest BCUT2D eigenvalue weighted by atomic mass is 10.1. The first-order chi connectivity index (χ1) is 15.6. The number of fused-ring (bicyclic) bond motifs is 2. The summed E-state index contributed by atoms with van der Waals surface area (Å²) in [5, 5.41) is 6.81. The monoisotopic (exact) mass is 446 g/mol. The fourth-order valence-corrected chi connectivity index (χ4v) is 4.38. The molecule has 0 aromatic carbocycles. The number of thiophene rings is 1. The minimum absolute atomic E-state index is 0.174. The van der Waals surface area contributed by atoms with Gasteiger partial charge in [-0.15, -0.1) is 11.3 Å². The normalized spacial score (nSPS) is 11.6. The van der Waals surface area contributed by atoms with Crippen LogP contribution in [0.4, 0.5) is 14.5 Å². The summed E-state index contributed by atoms with van der Waals surface area (Å²) in [5.41, 5.74) is 9.24. The van der Waals surface area contributed by atoms with Crippen molar-refractivity contribution >= 4 is 39.2 Å². The minimum atomic E-state index is -0.528. The van der Waals surface area contributed by atoms with Crippen molar-refractivity contribution in [3.05, 3.63) is 60.0 Å². The van der Waals surface area contributed by atoms with E-state index in [-0.39, 0.29) is 21.7 Å². The van der Waals surface area contributed by atoms with Gasteiger partial charge in [-0.1, -0.05) is 0 Å². The van der Waals surface area contributed by atoms with E-state index in [9.17, 15) is 4.39 Å². The van der Waals surface area contributed by atoms with Gasteiger partial charge in [0.1, 0.15) is 11.5 Å². The topological polar surface area (TPSA) is 122 Å². The summed E-state index contributed by atoms with van der Waals surface area (Å²) < 4.78 is 29.2. The van der Waals surface area contributed by atoms with E-state index >= 15 is 4.39 Å². The molecule has 6 rings (SSSR count). The number of imidazole rings is 1. The first kappa shape index (κ1) is 18.5. The van der Waals surface area contributed by atoms with E-state index in [1.54, 1.807) is 24.4 Å². The molecule has 0 radical (unpaired) electrons. The van der Waals surface area contributed by atoms with Crippen LogP contribution < -0.4 is 5.73 Å². The molecule has 6 aromatic rings. The van der Waals surface area contributed by atoms with E-state index in [0.717, 1.165) is 21.8 Å². The molecule has 0 aliphatic carbocycles. The molecule has 0 aliphatic heterocycles. The van der Waals surface area contributed by atoms with Gasteiger partial charge in [0.05, 0.1) is 16.6 Å². The van der Waals surface area contributed by atoms with Gasteiger partial charge in [0.2, 0.25) is 0 Å². The smallest absolute Gasteiger partial charge is 0.184 e. The van der Waals surface area contributed by atoms with E-state index < -0.39 is 5.82 Å². The van der Waals surface area contributed by atoms with Gasteiger partial charge < -0.3 is 10.7 Å². The van der Waals surface area contributed by atoms with Crippen molar-refractivity contribution in [3.8, 4) is 33.1 Å². The van der Waals surface area contributed by atoms with Gasteiger partial charge >= 0.3 is 0 Å². The van der Waals surface area contributed by atoms with E-state index in [4.69, 9.17) is 5.73 Å². The van der Waals surface area contributed by atoms with Crippen molar-refractivity contribution in [2.45, 2.75) is 0 Å². The SMILES string of the molecule is Nc1cncc(-c2cnc3n[nH]c(-c4nc5nccc(-c6ccc(F)s6)c5[nH]4)c3c2F)c1. The van der Waals surface area contributed by atoms with Gasteiger partial charge in [0, 0.05) is 46.4 Å². The van der Waals surface area contributed by atoms with E-state index in [0.29, 0.717) is 33.9 Å². The maximum absolute atomic E-state index is 15.6. The van der Waals surface area contributed by atoms with Crippen LogP contribution in [0.15, 0.2) is 49.1 Å². The van der Waals surface area contributed by atoms with Crippen molar-refractivity contribution in [2.24, 2.45) is 0 Å². The van der Waals surface area contributed by atoms with Gasteiger partial charge in [0.25, 0.3) is 0 Å². The Kier molecular flexibility index (Phi) is 3.98. The Hall–Kier alpha value is -4.25. The predicted octanol–water partition coefficient (Wildman–Crippen LogP) is 4.55. The molecular weight excluding hydrogens is 434 g/mol. The Morgan fingerprint density at radius 2 is 1.88 bits per heavy atom. The van der Waals surface area contributed by atoms with Crippen molar-refractivity contribution in [2.75, 3.05) is 5.73 Å². The largest absolute Gasteiger partial charge is 0.397 e. The van der Waals surface area contributed by atoms with Gasteiger partial charge in [0.15, 0.2) is 22.2 Å². The van der Waals surface area contributed by atoms with E-state index in [1.807, 2.05) is 0 Å². The Balaban J connectivity index is 1.55. The van der Waals surface area contributed by atoms with Crippen LogP contribution in [-0.2, 0) is 0 Å². The third kappa shape index (κ3) is 2.82. The molecular formula is C21H12F2N8S. The van der Waals surface area contributed by atoms with Crippen LogP contribution in [0.25, 0.3) is 55.3 Å². The molecule has 0 aliphatic rings. The molecule has 4 N–H and O–H groups in total. The first-order valence-electron chi connectivity index (χ1n) is 9.43. The Labute approximate surface area is 182 Å². The number of nitrogen functional groups attached to an aromatic ring is 1. The molecule has 0 saturated carbocycles. The summed E-state index contributed by atoms with van der Waals surface area (Å²) in [6.45, 7) is 0. The molecule has 6 aromatic heterocycles. The Morgan fingerprint density at radius 1 is 0.969 bits per heavy atom.